The number of carbonyl (C=O) groups is 1. The van der Waals surface area contributed by atoms with Gasteiger partial charge in [-0.15, -0.1) is 0 Å². The minimum absolute atomic E-state index is 0.0200. The van der Waals surface area contributed by atoms with Gasteiger partial charge in [-0.25, -0.2) is 0 Å². The molecule has 0 bridgehead atoms. The van der Waals surface area contributed by atoms with Gasteiger partial charge in [0.15, 0.2) is 0 Å². The zero-order chi connectivity index (χ0) is 12.5. The van der Waals surface area contributed by atoms with E-state index in [9.17, 15) is 4.79 Å². The van der Waals surface area contributed by atoms with Crippen molar-refractivity contribution in [3.05, 3.63) is 30.1 Å². The Kier molecular flexibility index (Phi) is 6.25. The molecule has 0 saturated carbocycles. The van der Waals surface area contributed by atoms with Crippen molar-refractivity contribution >= 4 is 5.91 Å². The van der Waals surface area contributed by atoms with Gasteiger partial charge in [0.1, 0.15) is 6.61 Å². The average molecular weight is 236 g/mol. The predicted molar refractivity (Wildman–Crippen MR) is 66.4 cm³/mol. The highest BCUT2D eigenvalue weighted by Crippen LogP contribution is 2.01. The van der Waals surface area contributed by atoms with E-state index in [2.05, 4.69) is 4.98 Å². The summed E-state index contributed by atoms with van der Waals surface area (Å²) in [5.41, 5.74) is 0.901. The molecule has 0 aromatic carbocycles. The molecule has 0 saturated heterocycles. The van der Waals surface area contributed by atoms with E-state index in [1.54, 1.807) is 11.1 Å². The minimum Gasteiger partial charge on any atom is -0.372 e. The number of likely N-dealkylation sites (N-methyl/N-ethyl adjacent to an activating group) is 1. The lowest BCUT2D eigenvalue weighted by Gasteiger charge is -2.20. The minimum atomic E-state index is 0.0200. The summed E-state index contributed by atoms with van der Waals surface area (Å²) in [4.78, 5) is 17.8. The van der Waals surface area contributed by atoms with Gasteiger partial charge in [0, 0.05) is 19.3 Å². The summed E-state index contributed by atoms with van der Waals surface area (Å²) in [6, 6.07) is 5.71. The van der Waals surface area contributed by atoms with Crippen LogP contribution in [0, 0.1) is 0 Å². The third-order valence-electron chi connectivity index (χ3n) is 2.39. The molecule has 0 aliphatic heterocycles. The fraction of sp³-hybridized carbons (Fsp3) is 0.538. The second kappa shape index (κ2) is 7.79. The second-order valence-electron chi connectivity index (χ2n) is 3.78. The van der Waals surface area contributed by atoms with Gasteiger partial charge in [0.2, 0.25) is 5.91 Å². The first kappa shape index (κ1) is 13.6. The number of amides is 1. The largest absolute Gasteiger partial charge is 0.372 e. The van der Waals surface area contributed by atoms with Gasteiger partial charge in [-0.2, -0.15) is 0 Å². The molecule has 4 nitrogen and oxygen atoms in total. The number of pyridine rings is 1. The van der Waals surface area contributed by atoms with Crippen LogP contribution in [-0.2, 0) is 16.1 Å². The zero-order valence-corrected chi connectivity index (χ0v) is 10.6. The van der Waals surface area contributed by atoms with E-state index in [0.29, 0.717) is 19.7 Å². The number of rotatable bonds is 7. The first-order valence-electron chi connectivity index (χ1n) is 6.03. The summed E-state index contributed by atoms with van der Waals surface area (Å²) in [6.45, 7) is 5.99. The maximum absolute atomic E-state index is 11.8. The van der Waals surface area contributed by atoms with Crippen molar-refractivity contribution in [2.75, 3.05) is 19.8 Å². The fourth-order valence-electron chi connectivity index (χ4n) is 1.46. The molecule has 0 aliphatic rings. The summed E-state index contributed by atoms with van der Waals surface area (Å²) in [7, 11) is 0. The molecule has 0 unspecified atom stereocenters. The standard InChI is InChI=1S/C13H20N2O2/c1-3-9-17-11-13(16)15(4-2)10-12-7-5-6-8-14-12/h5-8H,3-4,9-11H2,1-2H3. The number of hydrogen-bond donors (Lipinski definition) is 0. The number of hydrogen-bond acceptors (Lipinski definition) is 3. The smallest absolute Gasteiger partial charge is 0.248 e. The maximum atomic E-state index is 11.8. The Morgan fingerprint density at radius 2 is 2.24 bits per heavy atom. The van der Waals surface area contributed by atoms with E-state index in [1.807, 2.05) is 32.0 Å². The van der Waals surface area contributed by atoms with Crippen LogP contribution in [0.25, 0.3) is 0 Å². The van der Waals surface area contributed by atoms with Gasteiger partial charge in [0.05, 0.1) is 12.2 Å². The number of ether oxygens (including phenoxy) is 1. The Bertz CT molecular complexity index is 327. The Morgan fingerprint density at radius 3 is 2.82 bits per heavy atom. The highest BCUT2D eigenvalue weighted by atomic mass is 16.5. The first-order valence-corrected chi connectivity index (χ1v) is 6.03. The molecule has 17 heavy (non-hydrogen) atoms. The van der Waals surface area contributed by atoms with E-state index in [1.165, 1.54) is 0 Å². The molecule has 1 aromatic rings. The highest BCUT2D eigenvalue weighted by Gasteiger charge is 2.12. The monoisotopic (exact) mass is 236 g/mol. The van der Waals surface area contributed by atoms with Crippen molar-refractivity contribution in [2.45, 2.75) is 26.8 Å². The lowest BCUT2D eigenvalue weighted by molar-refractivity contribution is -0.136. The zero-order valence-electron chi connectivity index (χ0n) is 10.6. The number of nitrogens with zero attached hydrogens (tertiary/aromatic N) is 2. The van der Waals surface area contributed by atoms with E-state index in [4.69, 9.17) is 4.74 Å². The maximum Gasteiger partial charge on any atom is 0.248 e. The molecule has 0 radical (unpaired) electrons. The van der Waals surface area contributed by atoms with Crippen LogP contribution in [0.15, 0.2) is 24.4 Å². The molecule has 0 atom stereocenters. The van der Waals surface area contributed by atoms with Crippen LogP contribution in [0.4, 0.5) is 0 Å². The molecule has 0 aliphatic carbocycles. The van der Waals surface area contributed by atoms with Gasteiger partial charge in [-0.05, 0) is 25.5 Å². The Balaban J connectivity index is 2.45. The van der Waals surface area contributed by atoms with Crippen LogP contribution < -0.4 is 0 Å². The second-order valence-corrected chi connectivity index (χ2v) is 3.78. The van der Waals surface area contributed by atoms with E-state index in [0.717, 1.165) is 12.1 Å². The topological polar surface area (TPSA) is 42.4 Å². The third kappa shape index (κ3) is 4.95. The highest BCUT2D eigenvalue weighted by molar-refractivity contribution is 5.77. The molecule has 0 spiro atoms. The summed E-state index contributed by atoms with van der Waals surface area (Å²) >= 11 is 0. The van der Waals surface area contributed by atoms with Crippen LogP contribution >= 0.6 is 0 Å². The van der Waals surface area contributed by atoms with Crippen molar-refractivity contribution in [3.63, 3.8) is 0 Å². The van der Waals surface area contributed by atoms with Crippen molar-refractivity contribution in [2.24, 2.45) is 0 Å². The molecular formula is C13H20N2O2. The molecule has 4 heteroatoms. The van der Waals surface area contributed by atoms with E-state index >= 15 is 0 Å². The van der Waals surface area contributed by atoms with Gasteiger partial charge >= 0.3 is 0 Å². The Morgan fingerprint density at radius 1 is 1.41 bits per heavy atom. The number of carbonyl (C=O) groups excluding carboxylic acids is 1. The van der Waals surface area contributed by atoms with Gasteiger partial charge in [-0.3, -0.25) is 9.78 Å². The van der Waals surface area contributed by atoms with Crippen LogP contribution in [0.2, 0.25) is 0 Å². The Hall–Kier alpha value is -1.42. The summed E-state index contributed by atoms with van der Waals surface area (Å²) in [5, 5.41) is 0. The van der Waals surface area contributed by atoms with Crippen LogP contribution in [0.3, 0.4) is 0 Å². The fourth-order valence-corrected chi connectivity index (χ4v) is 1.46. The molecule has 1 rings (SSSR count). The summed E-state index contributed by atoms with van der Waals surface area (Å²) < 4.78 is 5.25. The summed E-state index contributed by atoms with van der Waals surface area (Å²) in [5.74, 6) is 0.0200. The van der Waals surface area contributed by atoms with E-state index < -0.39 is 0 Å². The van der Waals surface area contributed by atoms with Crippen molar-refractivity contribution in [1.29, 1.82) is 0 Å². The lowest BCUT2D eigenvalue weighted by atomic mass is 10.3. The van der Waals surface area contributed by atoms with Gasteiger partial charge in [0.25, 0.3) is 0 Å². The molecule has 1 heterocycles. The number of aromatic nitrogens is 1. The quantitative estimate of drug-likeness (QED) is 0.679. The van der Waals surface area contributed by atoms with E-state index in [-0.39, 0.29) is 12.5 Å². The third-order valence-corrected chi connectivity index (χ3v) is 2.39. The Labute approximate surface area is 103 Å². The molecular weight excluding hydrogens is 216 g/mol. The molecule has 1 aromatic heterocycles. The van der Waals surface area contributed by atoms with Gasteiger partial charge < -0.3 is 9.64 Å². The SMILES string of the molecule is CCCOCC(=O)N(CC)Cc1ccccn1. The van der Waals surface area contributed by atoms with Crippen LogP contribution in [0.5, 0.6) is 0 Å². The normalized spacial score (nSPS) is 10.2. The van der Waals surface area contributed by atoms with Crippen molar-refractivity contribution in [1.82, 2.24) is 9.88 Å². The van der Waals surface area contributed by atoms with Crippen LogP contribution in [0.1, 0.15) is 26.0 Å². The van der Waals surface area contributed by atoms with Crippen LogP contribution in [-0.4, -0.2) is 35.5 Å². The van der Waals surface area contributed by atoms with Gasteiger partial charge in [-0.1, -0.05) is 13.0 Å². The predicted octanol–water partition coefficient (Wildman–Crippen LogP) is 1.86. The summed E-state index contributed by atoms with van der Waals surface area (Å²) in [6.07, 6.45) is 2.67. The molecule has 1 amide bonds. The average Bonchev–Trinajstić information content (AvgIpc) is 2.37. The molecule has 94 valence electrons. The lowest BCUT2D eigenvalue weighted by Crippen LogP contribution is -2.33. The molecule has 0 fully saturated rings. The van der Waals surface area contributed by atoms with Crippen molar-refractivity contribution < 1.29 is 9.53 Å². The van der Waals surface area contributed by atoms with Crippen molar-refractivity contribution in [3.8, 4) is 0 Å². The molecule has 0 N–H and O–H groups in total. The first-order chi connectivity index (χ1) is 8.27.